The van der Waals surface area contributed by atoms with Crippen molar-refractivity contribution in [1.82, 2.24) is 10.2 Å². The second kappa shape index (κ2) is 7.75. The maximum atomic E-state index is 12.6. The third-order valence-corrected chi connectivity index (χ3v) is 5.84. The number of hydrogen-bond acceptors (Lipinski definition) is 8. The lowest BCUT2D eigenvalue weighted by atomic mass is 9.70. The summed E-state index contributed by atoms with van der Waals surface area (Å²) in [5.41, 5.74) is 0.307. The second-order valence-corrected chi connectivity index (χ2v) is 9.01. The van der Waals surface area contributed by atoms with E-state index in [0.29, 0.717) is 18.7 Å². The van der Waals surface area contributed by atoms with Crippen LogP contribution < -0.4 is 19.8 Å². The lowest BCUT2D eigenvalue weighted by Crippen LogP contribution is -2.59. The maximum Gasteiger partial charge on any atom is 0.430 e. The largest absolute Gasteiger partial charge is 0.669 e. The van der Waals surface area contributed by atoms with E-state index in [4.69, 9.17) is 9.39 Å². The molecular weight excluding hydrogens is 391 g/mol. The van der Waals surface area contributed by atoms with E-state index in [1.165, 1.54) is 6.07 Å². The van der Waals surface area contributed by atoms with Crippen molar-refractivity contribution >= 4 is 18.6 Å². The van der Waals surface area contributed by atoms with E-state index in [1.54, 1.807) is 11.0 Å². The Morgan fingerprint density at radius 2 is 2.03 bits per heavy atom. The van der Waals surface area contributed by atoms with Crippen LogP contribution in [0.15, 0.2) is 12.1 Å². The summed E-state index contributed by atoms with van der Waals surface area (Å²) in [5, 5.41) is 34.5. The number of carboxylic acid groups (broad SMARTS) is 1. The van der Waals surface area contributed by atoms with Crippen molar-refractivity contribution in [2.45, 2.75) is 52.6 Å². The first-order valence-electron chi connectivity index (χ1n) is 9.90. The molecule has 1 aromatic carbocycles. The fourth-order valence-corrected chi connectivity index (χ4v) is 4.19. The van der Waals surface area contributed by atoms with Crippen molar-refractivity contribution in [2.24, 2.45) is 5.41 Å². The Morgan fingerprint density at radius 1 is 1.33 bits per heavy atom. The van der Waals surface area contributed by atoms with Crippen LogP contribution in [0.2, 0.25) is 6.32 Å². The molecule has 0 bridgehead atoms. The van der Waals surface area contributed by atoms with Crippen LogP contribution in [0.5, 0.6) is 11.5 Å². The number of aromatic carboxylic acids is 1. The van der Waals surface area contributed by atoms with Gasteiger partial charge in [-0.15, -0.1) is 0 Å². The van der Waals surface area contributed by atoms with Gasteiger partial charge in [-0.25, -0.2) is 0 Å². The lowest BCUT2D eigenvalue weighted by molar-refractivity contribution is -0.255. The van der Waals surface area contributed by atoms with Crippen LogP contribution >= 0.6 is 0 Å². The Labute approximate surface area is 176 Å². The Hall–Kier alpha value is -2.30. The zero-order chi connectivity index (χ0) is 21.0. The Balaban J connectivity index is 0.00000256. The summed E-state index contributed by atoms with van der Waals surface area (Å²) in [6.07, 6.45) is 0.688. The van der Waals surface area contributed by atoms with E-state index in [9.17, 15) is 24.7 Å². The molecule has 3 heterocycles. The average molecular weight is 420 g/mol. The highest BCUT2D eigenvalue weighted by atomic mass is 16.6. The van der Waals surface area contributed by atoms with E-state index < -0.39 is 12.7 Å². The van der Waals surface area contributed by atoms with Gasteiger partial charge in [0, 0.05) is 6.54 Å². The van der Waals surface area contributed by atoms with Crippen LogP contribution in [0.4, 0.5) is 0 Å². The third-order valence-electron chi connectivity index (χ3n) is 5.84. The van der Waals surface area contributed by atoms with E-state index in [0.717, 1.165) is 13.0 Å². The summed E-state index contributed by atoms with van der Waals surface area (Å²) in [7, 11) is 0. The number of rotatable bonds is 4. The van der Waals surface area contributed by atoms with Crippen LogP contribution in [0.1, 0.15) is 43.6 Å². The molecule has 0 aliphatic carbocycles. The Morgan fingerprint density at radius 3 is 2.63 bits per heavy atom. The van der Waals surface area contributed by atoms with Gasteiger partial charge in [-0.1, -0.05) is 33.7 Å². The minimum atomic E-state index is -3.11. The lowest BCUT2D eigenvalue weighted by Gasteiger charge is -2.41. The molecule has 1 aromatic rings. The van der Waals surface area contributed by atoms with Gasteiger partial charge in [-0.2, -0.15) is 0 Å². The van der Waals surface area contributed by atoms with Crippen LogP contribution in [0, 0.1) is 5.41 Å². The second-order valence-electron chi connectivity index (χ2n) is 9.01. The highest BCUT2D eigenvalue weighted by molar-refractivity contribution is 6.59. The van der Waals surface area contributed by atoms with Crippen molar-refractivity contribution in [3.63, 3.8) is 0 Å². The van der Waals surface area contributed by atoms with Gasteiger partial charge in [0.05, 0.1) is 36.4 Å². The molecule has 1 amide bonds. The summed E-state index contributed by atoms with van der Waals surface area (Å²) < 4.78 is 10.9. The van der Waals surface area contributed by atoms with E-state index in [2.05, 4.69) is 19.2 Å². The zero-order valence-corrected chi connectivity index (χ0v) is 16.5. The molecule has 166 valence electrons. The summed E-state index contributed by atoms with van der Waals surface area (Å²) >= 11 is 0. The van der Waals surface area contributed by atoms with Gasteiger partial charge in [-0.05, 0) is 29.9 Å². The van der Waals surface area contributed by atoms with Crippen molar-refractivity contribution in [1.29, 1.82) is 0 Å². The molecule has 1 atom stereocenters. The zero-order valence-electron chi connectivity index (χ0n) is 16.5. The fraction of sp³-hybridized carbons (Fsp3) is 0.600. The standard InChI is InChI=1S/C19H26BN2O7.CH4/c1-19(2)7-13(21-10-19)17(23)22-8-12(9-22)28-14-4-3-11-5-6-20(26,27)29-16(11)15(14)18(24)25;/h3-4,12-13,21,26-27H,5-10H2,1-2H3,(H,24,25);1H4/q-1;/p-1/t13-;/m0./s1. The molecule has 9 nitrogen and oxygen atoms in total. The van der Waals surface area contributed by atoms with Crippen molar-refractivity contribution < 1.29 is 34.1 Å². The van der Waals surface area contributed by atoms with E-state index in [-0.39, 0.29) is 60.7 Å². The Bertz CT molecular complexity index is 852. The number of fused-ring (bicyclic) bond motifs is 1. The van der Waals surface area contributed by atoms with Crippen LogP contribution in [-0.4, -0.2) is 65.4 Å². The van der Waals surface area contributed by atoms with Gasteiger partial charge in [-0.3, -0.25) is 4.79 Å². The molecule has 0 unspecified atom stereocenters. The fourth-order valence-electron chi connectivity index (χ4n) is 4.19. The number of aryl methyl sites for hydroxylation is 1. The Kier molecular flexibility index (Phi) is 5.79. The number of benzene rings is 1. The predicted molar refractivity (Wildman–Crippen MR) is 108 cm³/mol. The molecule has 0 saturated carbocycles. The first kappa shape index (κ1) is 22.4. The molecule has 3 aliphatic rings. The number of carbonyl (C=O) groups excluding carboxylic acids is 2. The number of nitrogens with zero attached hydrogens (tertiary/aromatic N) is 1. The molecule has 2 saturated heterocycles. The SMILES string of the molecule is C.CC1(C)CN[C@H](C(=O)N2CC(Oc3ccc4c(c3C(=O)[O-])O[B-](O)(O)CC4)C2)C1. The summed E-state index contributed by atoms with van der Waals surface area (Å²) in [6, 6.07) is 2.97. The first-order chi connectivity index (χ1) is 13.5. The van der Waals surface area contributed by atoms with Crippen LogP contribution in [-0.2, 0) is 11.2 Å². The molecule has 0 spiro atoms. The van der Waals surface area contributed by atoms with Gasteiger partial charge < -0.3 is 39.6 Å². The van der Waals surface area contributed by atoms with Gasteiger partial charge >= 0.3 is 6.75 Å². The van der Waals surface area contributed by atoms with E-state index >= 15 is 0 Å². The van der Waals surface area contributed by atoms with Crippen LogP contribution in [0.25, 0.3) is 0 Å². The normalized spacial score (nSPS) is 24.1. The van der Waals surface area contributed by atoms with E-state index in [1.807, 2.05) is 0 Å². The number of carboxylic acids is 1. The topological polar surface area (TPSA) is 131 Å². The average Bonchev–Trinajstić information content (AvgIpc) is 2.95. The molecule has 3 aliphatic heterocycles. The monoisotopic (exact) mass is 420 g/mol. The summed E-state index contributed by atoms with van der Waals surface area (Å²) in [4.78, 5) is 26.0. The molecule has 3 N–H and O–H groups in total. The van der Waals surface area contributed by atoms with Gasteiger partial charge in [0.15, 0.2) is 0 Å². The predicted octanol–water partition coefficient (Wildman–Crippen LogP) is -0.478. The molecule has 4 rings (SSSR count). The smallest absolute Gasteiger partial charge is 0.430 e. The number of carbonyl (C=O) groups is 2. The quantitative estimate of drug-likeness (QED) is 0.557. The van der Waals surface area contributed by atoms with Gasteiger partial charge in [0.25, 0.3) is 0 Å². The summed E-state index contributed by atoms with van der Waals surface area (Å²) in [6.45, 7) is 2.63. The number of hydrogen-bond donors (Lipinski definition) is 3. The third kappa shape index (κ3) is 4.26. The number of likely N-dealkylation sites (tertiary alicyclic amines) is 1. The molecule has 0 radical (unpaired) electrons. The molecular formula is C20H29BN2O7-2. The van der Waals surface area contributed by atoms with Crippen molar-refractivity contribution in [2.75, 3.05) is 19.6 Å². The first-order valence-corrected chi connectivity index (χ1v) is 9.90. The molecule has 2 fully saturated rings. The highest BCUT2D eigenvalue weighted by Gasteiger charge is 2.41. The minimum absolute atomic E-state index is 0. The number of amides is 1. The van der Waals surface area contributed by atoms with Crippen molar-refractivity contribution in [3.8, 4) is 11.5 Å². The van der Waals surface area contributed by atoms with Crippen LogP contribution in [0.3, 0.4) is 0 Å². The molecule has 0 aromatic heterocycles. The number of ether oxygens (including phenoxy) is 1. The highest BCUT2D eigenvalue weighted by Crippen LogP contribution is 2.38. The van der Waals surface area contributed by atoms with Gasteiger partial charge in [0.1, 0.15) is 11.9 Å². The number of nitrogens with one attached hydrogen (secondary N) is 1. The maximum absolute atomic E-state index is 12.6. The van der Waals surface area contributed by atoms with Gasteiger partial charge in [0.2, 0.25) is 5.91 Å². The molecule has 30 heavy (non-hydrogen) atoms. The molecule has 10 heteroatoms. The minimum Gasteiger partial charge on any atom is -0.669 e. The summed E-state index contributed by atoms with van der Waals surface area (Å²) in [5.74, 6) is -1.58. The van der Waals surface area contributed by atoms with Crippen molar-refractivity contribution in [3.05, 3.63) is 23.3 Å².